The highest BCUT2D eigenvalue weighted by atomic mass is 16.5. The second kappa shape index (κ2) is 7.75. The molecular formula is C18H28N2O2. The Labute approximate surface area is 133 Å². The van der Waals surface area contributed by atoms with Crippen LogP contribution in [-0.2, 0) is 14.9 Å². The third kappa shape index (κ3) is 4.31. The summed E-state index contributed by atoms with van der Waals surface area (Å²) < 4.78 is 5.12. The van der Waals surface area contributed by atoms with Crippen molar-refractivity contribution in [1.29, 1.82) is 0 Å². The molecule has 1 aliphatic rings. The van der Waals surface area contributed by atoms with Crippen molar-refractivity contribution in [2.45, 2.75) is 25.7 Å². The minimum atomic E-state index is -0.490. The molecule has 122 valence electrons. The molecule has 4 nitrogen and oxygen atoms in total. The molecule has 1 atom stereocenters. The second-order valence-corrected chi connectivity index (χ2v) is 6.65. The number of hydrogen-bond acceptors (Lipinski definition) is 3. The van der Waals surface area contributed by atoms with Gasteiger partial charge in [0.15, 0.2) is 0 Å². The first-order valence-corrected chi connectivity index (χ1v) is 8.09. The Morgan fingerprint density at radius 1 is 1.36 bits per heavy atom. The maximum Gasteiger partial charge on any atom is 0.230 e. The summed E-state index contributed by atoms with van der Waals surface area (Å²) in [6.45, 7) is 8.64. The van der Waals surface area contributed by atoms with Gasteiger partial charge in [0.1, 0.15) is 0 Å². The van der Waals surface area contributed by atoms with Crippen molar-refractivity contribution in [1.82, 2.24) is 10.2 Å². The molecule has 0 bridgehead atoms. The summed E-state index contributed by atoms with van der Waals surface area (Å²) in [5.74, 6) is 0.654. The lowest BCUT2D eigenvalue weighted by Gasteiger charge is -2.25. The minimum absolute atomic E-state index is 0.106. The molecule has 1 saturated heterocycles. The highest BCUT2D eigenvalue weighted by molar-refractivity contribution is 5.87. The van der Waals surface area contributed by atoms with Gasteiger partial charge >= 0.3 is 0 Å². The number of benzene rings is 1. The largest absolute Gasteiger partial charge is 0.383 e. The zero-order valence-corrected chi connectivity index (χ0v) is 14.0. The van der Waals surface area contributed by atoms with Crippen LogP contribution in [0.25, 0.3) is 0 Å². The summed E-state index contributed by atoms with van der Waals surface area (Å²) in [6, 6.07) is 9.97. The van der Waals surface area contributed by atoms with Crippen molar-refractivity contribution in [2.75, 3.05) is 39.9 Å². The van der Waals surface area contributed by atoms with E-state index < -0.39 is 5.41 Å². The third-order valence-corrected chi connectivity index (χ3v) is 4.60. The van der Waals surface area contributed by atoms with E-state index in [9.17, 15) is 4.79 Å². The monoisotopic (exact) mass is 304 g/mol. The number of nitrogens with zero attached hydrogens (tertiary/aromatic N) is 1. The SMILES string of the molecule is COCCN1CC[C@@H](CNC(=O)C(C)(C)c2ccccc2)C1. The number of ether oxygens (including phenoxy) is 1. The lowest BCUT2D eigenvalue weighted by Crippen LogP contribution is -2.42. The molecule has 1 N–H and O–H groups in total. The van der Waals surface area contributed by atoms with Gasteiger partial charge in [0.05, 0.1) is 12.0 Å². The van der Waals surface area contributed by atoms with Gasteiger partial charge in [-0.25, -0.2) is 0 Å². The maximum absolute atomic E-state index is 12.5. The average molecular weight is 304 g/mol. The Bertz CT molecular complexity index is 473. The molecule has 0 spiro atoms. The molecule has 4 heteroatoms. The van der Waals surface area contributed by atoms with Crippen LogP contribution in [0.3, 0.4) is 0 Å². The first kappa shape index (κ1) is 17.0. The van der Waals surface area contributed by atoms with E-state index in [-0.39, 0.29) is 5.91 Å². The van der Waals surface area contributed by atoms with Crippen LogP contribution in [0, 0.1) is 5.92 Å². The van der Waals surface area contributed by atoms with E-state index in [1.807, 2.05) is 44.2 Å². The fourth-order valence-electron chi connectivity index (χ4n) is 2.95. The molecule has 2 rings (SSSR count). The van der Waals surface area contributed by atoms with Crippen LogP contribution in [0.2, 0.25) is 0 Å². The molecule has 0 saturated carbocycles. The summed E-state index contributed by atoms with van der Waals surface area (Å²) in [7, 11) is 1.74. The lowest BCUT2D eigenvalue weighted by molar-refractivity contribution is -0.125. The molecule has 0 aliphatic carbocycles. The van der Waals surface area contributed by atoms with E-state index in [2.05, 4.69) is 10.2 Å². The van der Waals surface area contributed by atoms with Gasteiger partial charge in [-0.3, -0.25) is 4.79 Å². The fourth-order valence-corrected chi connectivity index (χ4v) is 2.95. The predicted octanol–water partition coefficient (Wildman–Crippen LogP) is 2.05. The number of hydrogen-bond donors (Lipinski definition) is 1. The van der Waals surface area contributed by atoms with E-state index in [0.29, 0.717) is 5.92 Å². The van der Waals surface area contributed by atoms with E-state index in [4.69, 9.17) is 4.74 Å². The van der Waals surface area contributed by atoms with Gasteiger partial charge in [0.2, 0.25) is 5.91 Å². The van der Waals surface area contributed by atoms with Crippen LogP contribution < -0.4 is 5.32 Å². The van der Waals surface area contributed by atoms with E-state index >= 15 is 0 Å². The number of nitrogens with one attached hydrogen (secondary N) is 1. The lowest BCUT2D eigenvalue weighted by atomic mass is 9.83. The normalized spacial score (nSPS) is 19.3. The predicted molar refractivity (Wildman–Crippen MR) is 88.9 cm³/mol. The average Bonchev–Trinajstić information content (AvgIpc) is 2.99. The van der Waals surface area contributed by atoms with Crippen LogP contribution in [-0.4, -0.2) is 50.7 Å². The van der Waals surface area contributed by atoms with E-state index in [1.54, 1.807) is 7.11 Å². The minimum Gasteiger partial charge on any atom is -0.383 e. The van der Waals surface area contributed by atoms with Crippen LogP contribution in [0.1, 0.15) is 25.8 Å². The van der Waals surface area contributed by atoms with Gasteiger partial charge in [-0.15, -0.1) is 0 Å². The Morgan fingerprint density at radius 2 is 2.09 bits per heavy atom. The van der Waals surface area contributed by atoms with Crippen LogP contribution in [0.4, 0.5) is 0 Å². The molecule has 1 amide bonds. The molecule has 1 aliphatic heterocycles. The van der Waals surface area contributed by atoms with Crippen molar-refractivity contribution in [2.24, 2.45) is 5.92 Å². The number of carbonyl (C=O) groups excluding carboxylic acids is 1. The highest BCUT2D eigenvalue weighted by Gasteiger charge is 2.30. The summed E-state index contributed by atoms with van der Waals surface area (Å²) in [4.78, 5) is 14.9. The molecule has 22 heavy (non-hydrogen) atoms. The summed E-state index contributed by atoms with van der Waals surface area (Å²) >= 11 is 0. The van der Waals surface area contributed by atoms with Gasteiger partial charge in [0.25, 0.3) is 0 Å². The van der Waals surface area contributed by atoms with Gasteiger partial charge in [-0.1, -0.05) is 30.3 Å². The Hall–Kier alpha value is -1.39. The molecule has 0 radical (unpaired) electrons. The Kier molecular flexibility index (Phi) is 5.98. The number of amides is 1. The van der Waals surface area contributed by atoms with Crippen molar-refractivity contribution < 1.29 is 9.53 Å². The van der Waals surface area contributed by atoms with Gasteiger partial charge in [-0.2, -0.15) is 0 Å². The standard InChI is InChI=1S/C18H28N2O2/c1-18(2,16-7-5-4-6-8-16)17(21)19-13-15-9-10-20(14-15)11-12-22-3/h4-8,15H,9-14H2,1-3H3,(H,19,21)/t15-/m0/s1. The van der Waals surface area contributed by atoms with Crippen LogP contribution in [0.15, 0.2) is 30.3 Å². The van der Waals surface area contributed by atoms with Gasteiger partial charge in [0, 0.05) is 26.7 Å². The summed E-state index contributed by atoms with van der Waals surface area (Å²) in [5.41, 5.74) is 0.566. The molecular weight excluding hydrogens is 276 g/mol. The molecule has 0 unspecified atom stereocenters. The van der Waals surface area contributed by atoms with Gasteiger partial charge in [-0.05, 0) is 38.3 Å². The Morgan fingerprint density at radius 3 is 2.77 bits per heavy atom. The van der Waals surface area contributed by atoms with Crippen LogP contribution in [0.5, 0.6) is 0 Å². The zero-order valence-electron chi connectivity index (χ0n) is 14.0. The van der Waals surface area contributed by atoms with Crippen molar-refractivity contribution in [3.8, 4) is 0 Å². The zero-order chi connectivity index (χ0) is 16.0. The summed E-state index contributed by atoms with van der Waals surface area (Å²) in [5, 5.41) is 3.14. The van der Waals surface area contributed by atoms with Crippen molar-refractivity contribution in [3.05, 3.63) is 35.9 Å². The number of rotatable bonds is 7. The topological polar surface area (TPSA) is 41.6 Å². The first-order chi connectivity index (χ1) is 10.5. The quantitative estimate of drug-likeness (QED) is 0.838. The van der Waals surface area contributed by atoms with Gasteiger partial charge < -0.3 is 15.0 Å². The molecule has 1 heterocycles. The number of likely N-dealkylation sites (tertiary alicyclic amines) is 1. The molecule has 1 aromatic carbocycles. The Balaban J connectivity index is 1.81. The highest BCUT2D eigenvalue weighted by Crippen LogP contribution is 2.23. The first-order valence-electron chi connectivity index (χ1n) is 8.09. The molecule has 1 aromatic rings. The van der Waals surface area contributed by atoms with E-state index in [1.165, 1.54) is 0 Å². The smallest absolute Gasteiger partial charge is 0.230 e. The molecule has 0 aromatic heterocycles. The molecule has 1 fully saturated rings. The number of carbonyl (C=O) groups is 1. The van der Waals surface area contributed by atoms with Crippen molar-refractivity contribution in [3.63, 3.8) is 0 Å². The number of methoxy groups -OCH3 is 1. The van der Waals surface area contributed by atoms with Crippen molar-refractivity contribution >= 4 is 5.91 Å². The fraction of sp³-hybridized carbons (Fsp3) is 0.611. The third-order valence-electron chi connectivity index (χ3n) is 4.60. The summed E-state index contributed by atoms with van der Waals surface area (Å²) in [6.07, 6.45) is 1.15. The maximum atomic E-state index is 12.5. The second-order valence-electron chi connectivity index (χ2n) is 6.65. The van der Waals surface area contributed by atoms with E-state index in [0.717, 1.165) is 44.8 Å². The van der Waals surface area contributed by atoms with Crippen LogP contribution >= 0.6 is 0 Å².